The van der Waals surface area contributed by atoms with Gasteiger partial charge in [-0.25, -0.2) is 0 Å². The van der Waals surface area contributed by atoms with E-state index in [4.69, 9.17) is 5.11 Å². The third-order valence-corrected chi connectivity index (χ3v) is 5.17. The Labute approximate surface area is 131 Å². The van der Waals surface area contributed by atoms with Gasteiger partial charge in [0.15, 0.2) is 0 Å². The Morgan fingerprint density at radius 3 is 2.71 bits per heavy atom. The van der Waals surface area contributed by atoms with E-state index in [1.807, 2.05) is 36.2 Å². The molecule has 0 atom stereocenters. The molecule has 0 aromatic heterocycles. The number of thioether (sulfide) groups is 1. The summed E-state index contributed by atoms with van der Waals surface area (Å²) in [6.07, 6.45) is 6.14. The molecule has 0 saturated heterocycles. The van der Waals surface area contributed by atoms with Crippen molar-refractivity contribution in [2.75, 3.05) is 12.8 Å². The topological polar surface area (TPSA) is 40.5 Å². The average Bonchev–Trinajstić information content (AvgIpc) is 2.55. The quantitative estimate of drug-likeness (QED) is 0.877. The first-order valence-electron chi connectivity index (χ1n) is 7.73. The second-order valence-corrected chi connectivity index (χ2v) is 6.75. The van der Waals surface area contributed by atoms with Gasteiger partial charge in [0.05, 0.1) is 12.4 Å². The number of amides is 1. The molecule has 21 heavy (non-hydrogen) atoms. The van der Waals surface area contributed by atoms with E-state index < -0.39 is 0 Å². The Bertz CT molecular complexity index is 458. The Morgan fingerprint density at radius 2 is 2.00 bits per heavy atom. The van der Waals surface area contributed by atoms with Crippen molar-refractivity contribution in [3.05, 3.63) is 35.4 Å². The van der Waals surface area contributed by atoms with Gasteiger partial charge in [-0.05, 0) is 24.0 Å². The number of benzene rings is 1. The summed E-state index contributed by atoms with van der Waals surface area (Å²) >= 11 is 1.65. The largest absolute Gasteiger partial charge is 0.392 e. The second kappa shape index (κ2) is 8.44. The molecule has 0 spiro atoms. The van der Waals surface area contributed by atoms with Crippen molar-refractivity contribution in [2.24, 2.45) is 0 Å². The van der Waals surface area contributed by atoms with Gasteiger partial charge >= 0.3 is 0 Å². The van der Waals surface area contributed by atoms with Crippen LogP contribution < -0.4 is 0 Å². The zero-order chi connectivity index (χ0) is 15.1. The lowest BCUT2D eigenvalue weighted by molar-refractivity contribution is -0.129. The zero-order valence-electron chi connectivity index (χ0n) is 12.8. The first-order chi connectivity index (χ1) is 10.2. The molecule has 1 saturated carbocycles. The number of hydrogen-bond donors (Lipinski definition) is 1. The van der Waals surface area contributed by atoms with E-state index in [9.17, 15) is 4.79 Å². The predicted molar refractivity (Wildman–Crippen MR) is 88.2 cm³/mol. The Hall–Kier alpha value is -1.00. The maximum absolute atomic E-state index is 12.2. The highest BCUT2D eigenvalue weighted by Gasteiger charge is 2.21. The van der Waals surface area contributed by atoms with Crippen LogP contribution in [0.1, 0.15) is 43.2 Å². The molecular formula is C17H25NO2S. The lowest BCUT2D eigenvalue weighted by Crippen LogP contribution is -2.39. The van der Waals surface area contributed by atoms with Gasteiger partial charge in [-0.3, -0.25) is 4.79 Å². The summed E-state index contributed by atoms with van der Waals surface area (Å²) in [7, 11) is 1.95. The van der Waals surface area contributed by atoms with Gasteiger partial charge in [0, 0.05) is 18.8 Å². The van der Waals surface area contributed by atoms with E-state index in [1.54, 1.807) is 11.8 Å². The number of aliphatic hydroxyl groups is 1. The highest BCUT2D eigenvalue weighted by molar-refractivity contribution is 7.99. The molecule has 2 rings (SSSR count). The molecule has 116 valence electrons. The Morgan fingerprint density at radius 1 is 1.29 bits per heavy atom. The van der Waals surface area contributed by atoms with E-state index in [-0.39, 0.29) is 12.5 Å². The molecular weight excluding hydrogens is 282 g/mol. The minimum Gasteiger partial charge on any atom is -0.392 e. The normalized spacial score (nSPS) is 15.9. The maximum Gasteiger partial charge on any atom is 0.232 e. The first kappa shape index (κ1) is 16.4. The zero-order valence-corrected chi connectivity index (χ0v) is 13.6. The second-order valence-electron chi connectivity index (χ2n) is 5.77. The van der Waals surface area contributed by atoms with Crippen molar-refractivity contribution in [3.63, 3.8) is 0 Å². The minimum absolute atomic E-state index is 0.0713. The molecule has 0 bridgehead atoms. The highest BCUT2D eigenvalue weighted by Crippen LogP contribution is 2.22. The summed E-state index contributed by atoms with van der Waals surface area (Å²) in [5.74, 6) is 1.60. The number of carbonyl (C=O) groups is 1. The van der Waals surface area contributed by atoms with Gasteiger partial charge in [0.1, 0.15) is 0 Å². The fourth-order valence-electron chi connectivity index (χ4n) is 2.85. The molecule has 0 aliphatic heterocycles. The molecule has 0 unspecified atom stereocenters. The molecule has 0 radical (unpaired) electrons. The van der Waals surface area contributed by atoms with Crippen molar-refractivity contribution in [2.45, 2.75) is 50.5 Å². The average molecular weight is 307 g/mol. The van der Waals surface area contributed by atoms with Crippen LogP contribution in [0.5, 0.6) is 0 Å². The van der Waals surface area contributed by atoms with Crippen molar-refractivity contribution in [1.29, 1.82) is 0 Å². The molecule has 1 N–H and O–H groups in total. The smallest absolute Gasteiger partial charge is 0.232 e. The molecule has 4 heteroatoms. The SMILES string of the molecule is CN(C(=O)CSCc1cccc(CO)c1)C1CCCCC1. The molecule has 1 aromatic rings. The third kappa shape index (κ3) is 5.04. The molecule has 3 nitrogen and oxygen atoms in total. The lowest BCUT2D eigenvalue weighted by Gasteiger charge is -2.31. The van der Waals surface area contributed by atoms with Crippen LogP contribution in [0.25, 0.3) is 0 Å². The van der Waals surface area contributed by atoms with Crippen molar-refractivity contribution >= 4 is 17.7 Å². The van der Waals surface area contributed by atoms with Gasteiger partial charge in [-0.15, -0.1) is 11.8 Å². The van der Waals surface area contributed by atoms with Gasteiger partial charge < -0.3 is 10.0 Å². The fraction of sp³-hybridized carbons (Fsp3) is 0.588. The standard InChI is InChI=1S/C17H25NO2S/c1-18(16-8-3-2-4-9-16)17(20)13-21-12-15-7-5-6-14(10-15)11-19/h5-7,10,16,19H,2-4,8-9,11-13H2,1H3. The summed E-state index contributed by atoms with van der Waals surface area (Å²) < 4.78 is 0. The van der Waals surface area contributed by atoms with Gasteiger partial charge in [0.25, 0.3) is 0 Å². The molecule has 0 heterocycles. The summed E-state index contributed by atoms with van der Waals surface area (Å²) in [5, 5.41) is 9.13. The van der Waals surface area contributed by atoms with E-state index in [0.29, 0.717) is 11.8 Å². The summed E-state index contributed by atoms with van der Waals surface area (Å²) in [5.41, 5.74) is 2.10. The Balaban J connectivity index is 1.75. The molecule has 1 aromatic carbocycles. The van der Waals surface area contributed by atoms with Crippen LogP contribution >= 0.6 is 11.8 Å². The van der Waals surface area contributed by atoms with Crippen LogP contribution in [0, 0.1) is 0 Å². The highest BCUT2D eigenvalue weighted by atomic mass is 32.2. The number of nitrogens with zero attached hydrogens (tertiary/aromatic N) is 1. The van der Waals surface area contributed by atoms with Gasteiger partial charge in [-0.1, -0.05) is 43.5 Å². The summed E-state index contributed by atoms with van der Waals surface area (Å²) in [4.78, 5) is 14.2. The van der Waals surface area contributed by atoms with Crippen LogP contribution in [0.4, 0.5) is 0 Å². The fourth-order valence-corrected chi connectivity index (χ4v) is 3.74. The van der Waals surface area contributed by atoms with Crippen LogP contribution in [-0.4, -0.2) is 34.8 Å². The molecule has 1 amide bonds. The van der Waals surface area contributed by atoms with Gasteiger partial charge in [0.2, 0.25) is 5.91 Å². The lowest BCUT2D eigenvalue weighted by atomic mass is 9.94. The van der Waals surface area contributed by atoms with Crippen LogP contribution in [0.3, 0.4) is 0 Å². The third-order valence-electron chi connectivity index (χ3n) is 4.18. The van der Waals surface area contributed by atoms with Crippen molar-refractivity contribution in [3.8, 4) is 0 Å². The minimum atomic E-state index is 0.0713. The molecule has 1 aliphatic rings. The van der Waals surface area contributed by atoms with Crippen LogP contribution in [-0.2, 0) is 17.2 Å². The monoisotopic (exact) mass is 307 g/mol. The summed E-state index contributed by atoms with van der Waals surface area (Å²) in [6, 6.07) is 8.36. The number of carbonyl (C=O) groups excluding carboxylic acids is 1. The van der Waals surface area contributed by atoms with Gasteiger partial charge in [-0.2, -0.15) is 0 Å². The predicted octanol–water partition coefficient (Wildman–Crippen LogP) is 3.20. The van der Waals surface area contributed by atoms with Crippen LogP contribution in [0.2, 0.25) is 0 Å². The van der Waals surface area contributed by atoms with Crippen molar-refractivity contribution in [1.82, 2.24) is 4.90 Å². The van der Waals surface area contributed by atoms with E-state index >= 15 is 0 Å². The Kier molecular flexibility index (Phi) is 6.58. The first-order valence-corrected chi connectivity index (χ1v) is 8.88. The summed E-state index contributed by atoms with van der Waals surface area (Å²) in [6.45, 7) is 0.0713. The maximum atomic E-state index is 12.2. The number of hydrogen-bond acceptors (Lipinski definition) is 3. The number of rotatable bonds is 6. The van der Waals surface area contributed by atoms with Crippen LogP contribution in [0.15, 0.2) is 24.3 Å². The van der Waals surface area contributed by atoms with E-state index in [2.05, 4.69) is 0 Å². The molecule has 1 aliphatic carbocycles. The van der Waals surface area contributed by atoms with E-state index in [1.165, 1.54) is 24.8 Å². The molecule has 1 fully saturated rings. The number of aliphatic hydroxyl groups excluding tert-OH is 1. The van der Waals surface area contributed by atoms with Crippen molar-refractivity contribution < 1.29 is 9.90 Å². The van der Waals surface area contributed by atoms with E-state index in [0.717, 1.165) is 24.2 Å².